The van der Waals surface area contributed by atoms with Crippen LogP contribution in [0.3, 0.4) is 0 Å². The van der Waals surface area contributed by atoms with E-state index in [1.54, 1.807) is 60.7 Å². The normalized spacial score (nSPS) is 28.5. The van der Waals surface area contributed by atoms with Crippen LogP contribution in [0.15, 0.2) is 60.7 Å². The fraction of sp³-hybridized carbons (Fsp3) is 0.333. The van der Waals surface area contributed by atoms with Crippen molar-refractivity contribution in [2.24, 2.45) is 0 Å². The summed E-state index contributed by atoms with van der Waals surface area (Å²) in [4.78, 5) is 25.0. The van der Waals surface area contributed by atoms with E-state index in [-0.39, 0.29) is 12.2 Å². The summed E-state index contributed by atoms with van der Waals surface area (Å²) in [5.74, 6) is -1.30. The third-order valence-corrected chi connectivity index (χ3v) is 6.07. The molecule has 2 aromatic carbocycles. The monoisotopic (exact) mass is 463 g/mol. The van der Waals surface area contributed by atoms with Gasteiger partial charge in [0.1, 0.15) is 24.9 Å². The Morgan fingerprint density at radius 1 is 0.969 bits per heavy atom. The molecule has 11 heteroatoms. The summed E-state index contributed by atoms with van der Waals surface area (Å²) < 4.78 is 53.8. The minimum atomic E-state index is -4.18. The lowest BCUT2D eigenvalue weighted by Gasteiger charge is -2.47. The van der Waals surface area contributed by atoms with E-state index < -0.39 is 52.9 Å². The van der Waals surface area contributed by atoms with Gasteiger partial charge in [-0.3, -0.25) is 0 Å². The van der Waals surface area contributed by atoms with Crippen LogP contribution < -0.4 is 4.72 Å². The maximum atomic E-state index is 12.6. The van der Waals surface area contributed by atoms with Crippen molar-refractivity contribution in [3.05, 3.63) is 71.8 Å². The van der Waals surface area contributed by atoms with Crippen LogP contribution in [0.4, 0.5) is 0 Å². The molecule has 0 spiro atoms. The number of carbonyl (C=O) groups excluding carboxylic acids is 2. The summed E-state index contributed by atoms with van der Waals surface area (Å²) in [5, 5.41) is 0. The smallest absolute Gasteiger partial charge is 0.338 e. The Balaban J connectivity index is 1.55. The molecule has 0 aliphatic carbocycles. The lowest BCUT2D eigenvalue weighted by Crippen LogP contribution is -2.70. The van der Waals surface area contributed by atoms with Gasteiger partial charge < -0.3 is 18.9 Å². The fourth-order valence-electron chi connectivity index (χ4n) is 3.54. The van der Waals surface area contributed by atoms with Crippen LogP contribution in [0.25, 0.3) is 0 Å². The predicted molar refractivity (Wildman–Crippen MR) is 109 cm³/mol. The van der Waals surface area contributed by atoms with Crippen molar-refractivity contribution in [2.75, 3.05) is 13.7 Å². The van der Waals surface area contributed by atoms with Crippen LogP contribution in [-0.4, -0.2) is 64.7 Å². The summed E-state index contributed by atoms with van der Waals surface area (Å²) in [7, 11) is -2.87. The molecule has 5 atom stereocenters. The number of ether oxygens (including phenoxy) is 4. The zero-order valence-corrected chi connectivity index (χ0v) is 17.8. The van der Waals surface area contributed by atoms with E-state index in [1.807, 2.05) is 0 Å². The maximum absolute atomic E-state index is 12.6. The minimum Gasteiger partial charge on any atom is -0.459 e. The van der Waals surface area contributed by atoms with Gasteiger partial charge in [-0.25, -0.2) is 13.8 Å². The number of hydrogen-bond donors (Lipinski definition) is 1. The molecule has 0 saturated carbocycles. The van der Waals surface area contributed by atoms with Crippen LogP contribution in [0.5, 0.6) is 0 Å². The molecule has 0 amide bonds. The number of hydrogen-bond acceptors (Lipinski definition) is 9. The van der Waals surface area contributed by atoms with Gasteiger partial charge in [-0.2, -0.15) is 13.1 Å². The Labute approximate surface area is 184 Å². The molecule has 1 N–H and O–H groups in total. The molecular formula is C21H21NO9S. The van der Waals surface area contributed by atoms with Crippen LogP contribution in [0.2, 0.25) is 0 Å². The van der Waals surface area contributed by atoms with Crippen molar-refractivity contribution in [1.29, 1.82) is 0 Å². The molecule has 0 radical (unpaired) electrons. The molecule has 2 aromatic rings. The average Bonchev–Trinajstić information content (AvgIpc) is 2.80. The lowest BCUT2D eigenvalue weighted by atomic mass is 9.97. The summed E-state index contributed by atoms with van der Waals surface area (Å²) in [5.41, 5.74) is 0.594. The quantitative estimate of drug-likeness (QED) is 0.625. The molecule has 2 aliphatic heterocycles. The van der Waals surface area contributed by atoms with E-state index in [2.05, 4.69) is 4.72 Å². The molecule has 2 saturated heterocycles. The highest BCUT2D eigenvalue weighted by atomic mass is 32.2. The fourth-order valence-corrected chi connectivity index (χ4v) is 4.70. The van der Waals surface area contributed by atoms with Crippen molar-refractivity contribution in [2.45, 2.75) is 30.6 Å². The Bertz CT molecular complexity index is 1060. The highest BCUT2D eigenvalue weighted by Gasteiger charge is 2.56. The van der Waals surface area contributed by atoms with Gasteiger partial charge in [-0.15, -0.1) is 0 Å². The van der Waals surface area contributed by atoms with Gasteiger partial charge in [0.15, 0.2) is 12.4 Å². The molecular weight excluding hydrogens is 442 g/mol. The number of fused-ring (bicyclic) bond motifs is 2. The molecule has 2 bridgehead atoms. The highest BCUT2D eigenvalue weighted by molar-refractivity contribution is 7.84. The summed E-state index contributed by atoms with van der Waals surface area (Å²) in [6.45, 7) is -0.347. The molecule has 170 valence electrons. The van der Waals surface area contributed by atoms with Gasteiger partial charge in [0.25, 0.3) is 0 Å². The summed E-state index contributed by atoms with van der Waals surface area (Å²) >= 11 is 0. The van der Waals surface area contributed by atoms with Crippen LogP contribution >= 0.6 is 0 Å². The summed E-state index contributed by atoms with van der Waals surface area (Å²) in [6, 6.07) is 15.4. The number of rotatable bonds is 6. The second-order valence-electron chi connectivity index (χ2n) is 7.14. The Morgan fingerprint density at radius 3 is 2.16 bits per heavy atom. The van der Waals surface area contributed by atoms with Crippen LogP contribution in [0, 0.1) is 0 Å². The Kier molecular flexibility index (Phi) is 6.53. The first-order valence-corrected chi connectivity index (χ1v) is 11.2. The van der Waals surface area contributed by atoms with Gasteiger partial charge in [0.05, 0.1) is 11.1 Å². The molecule has 32 heavy (non-hydrogen) atoms. The van der Waals surface area contributed by atoms with Crippen molar-refractivity contribution < 1.29 is 41.1 Å². The largest absolute Gasteiger partial charge is 0.459 e. The zero-order chi connectivity index (χ0) is 22.7. The first kappa shape index (κ1) is 22.4. The minimum absolute atomic E-state index is 0.279. The van der Waals surface area contributed by atoms with Gasteiger partial charge in [-0.05, 0) is 24.3 Å². The van der Waals surface area contributed by atoms with Gasteiger partial charge >= 0.3 is 22.2 Å². The first-order valence-electron chi connectivity index (χ1n) is 9.75. The van der Waals surface area contributed by atoms with Crippen molar-refractivity contribution in [1.82, 2.24) is 4.72 Å². The van der Waals surface area contributed by atoms with E-state index in [1.165, 1.54) is 7.11 Å². The zero-order valence-electron chi connectivity index (χ0n) is 16.9. The predicted octanol–water partition coefficient (Wildman–Crippen LogP) is 1.04. The second-order valence-corrected chi connectivity index (χ2v) is 8.47. The third kappa shape index (κ3) is 4.81. The van der Waals surface area contributed by atoms with Gasteiger partial charge in [0.2, 0.25) is 0 Å². The number of carbonyl (C=O) groups is 2. The molecule has 0 unspecified atom stereocenters. The molecule has 2 fully saturated rings. The van der Waals surface area contributed by atoms with E-state index in [4.69, 9.17) is 23.1 Å². The molecule has 10 nitrogen and oxygen atoms in total. The highest BCUT2D eigenvalue weighted by Crippen LogP contribution is 2.32. The first-order chi connectivity index (χ1) is 15.4. The van der Waals surface area contributed by atoms with E-state index in [0.717, 1.165) is 0 Å². The second kappa shape index (κ2) is 9.35. The third-order valence-electron chi connectivity index (χ3n) is 5.04. The van der Waals surface area contributed by atoms with Gasteiger partial charge in [0, 0.05) is 7.11 Å². The number of benzene rings is 2. The number of esters is 2. The van der Waals surface area contributed by atoms with Crippen LogP contribution in [0.1, 0.15) is 20.7 Å². The number of methoxy groups -OCH3 is 1. The lowest BCUT2D eigenvalue weighted by molar-refractivity contribution is -0.261. The topological polar surface area (TPSA) is 126 Å². The molecule has 4 rings (SSSR count). The maximum Gasteiger partial charge on any atom is 0.338 e. The van der Waals surface area contributed by atoms with Gasteiger partial charge in [-0.1, -0.05) is 36.4 Å². The van der Waals surface area contributed by atoms with E-state index in [9.17, 15) is 18.0 Å². The van der Waals surface area contributed by atoms with Crippen molar-refractivity contribution >= 4 is 22.2 Å². The summed E-state index contributed by atoms with van der Waals surface area (Å²) in [6.07, 6.45) is -4.53. The SMILES string of the molecule is CO[C@@H]1O[C@H](COC(=O)c2ccccc2)[C@H]2OS(=O)(=O)N[C@@H]1[C@H]2OC(=O)c1ccccc1. The molecule has 2 heterocycles. The molecule has 0 aromatic heterocycles. The Morgan fingerprint density at radius 2 is 1.56 bits per heavy atom. The van der Waals surface area contributed by atoms with Crippen molar-refractivity contribution in [3.63, 3.8) is 0 Å². The van der Waals surface area contributed by atoms with E-state index in [0.29, 0.717) is 5.56 Å². The standard InChI is InChI=1S/C21H21NO9S/c1-27-21-16-18(30-20(24)14-10-6-3-7-11-14)17(31-32(25,26)22-16)15(29-21)12-28-19(23)13-8-4-2-5-9-13/h2-11,15-18,21-22H,12H2,1H3/t15-,16-,17-,18-,21-/m1/s1. The van der Waals surface area contributed by atoms with Crippen LogP contribution in [-0.2, 0) is 33.4 Å². The Hall–Kier alpha value is -2.83. The van der Waals surface area contributed by atoms with E-state index >= 15 is 0 Å². The molecule has 2 aliphatic rings. The van der Waals surface area contributed by atoms with Crippen molar-refractivity contribution in [3.8, 4) is 0 Å². The number of nitrogens with one attached hydrogen (secondary N) is 1. The average molecular weight is 463 g/mol.